The Morgan fingerprint density at radius 1 is 1.17 bits per heavy atom. The molecule has 1 atom stereocenters. The second-order valence-electron chi connectivity index (χ2n) is 6.58. The minimum absolute atomic E-state index is 0.0510. The van der Waals surface area contributed by atoms with Crippen molar-refractivity contribution in [3.05, 3.63) is 29.8 Å². The van der Waals surface area contributed by atoms with E-state index in [1.54, 1.807) is 7.11 Å². The van der Waals surface area contributed by atoms with Crippen LogP contribution < -0.4 is 4.74 Å². The molecule has 2 fully saturated rings. The number of methoxy groups -OCH3 is 1. The number of morpholine rings is 1. The van der Waals surface area contributed by atoms with Gasteiger partial charge in [-0.05, 0) is 43.5 Å². The molecule has 0 radical (unpaired) electrons. The molecule has 0 aliphatic carbocycles. The lowest BCUT2D eigenvalue weighted by atomic mass is 9.99. The summed E-state index contributed by atoms with van der Waals surface area (Å²) < 4.78 is 10.6. The number of piperidine rings is 1. The predicted octanol–water partition coefficient (Wildman–Crippen LogP) is 1.95. The normalized spacial score (nSPS) is 22.4. The Hall–Kier alpha value is -1.59. The Balaban J connectivity index is 1.58. The average Bonchev–Trinajstić information content (AvgIpc) is 2.67. The van der Waals surface area contributed by atoms with Gasteiger partial charge in [0.05, 0.1) is 26.4 Å². The average molecular weight is 332 g/mol. The quantitative estimate of drug-likeness (QED) is 0.826. The van der Waals surface area contributed by atoms with Crippen LogP contribution in [0, 0.1) is 0 Å². The van der Waals surface area contributed by atoms with Crippen LogP contribution in [-0.4, -0.2) is 68.3 Å². The summed E-state index contributed by atoms with van der Waals surface area (Å²) in [7, 11) is 1.69. The van der Waals surface area contributed by atoms with Crippen molar-refractivity contribution < 1.29 is 14.3 Å². The molecule has 1 unspecified atom stereocenters. The van der Waals surface area contributed by atoms with Gasteiger partial charge in [0.2, 0.25) is 5.91 Å². The highest BCUT2D eigenvalue weighted by Crippen LogP contribution is 2.20. The van der Waals surface area contributed by atoms with E-state index in [9.17, 15) is 4.79 Å². The molecule has 5 heteroatoms. The third kappa shape index (κ3) is 4.28. The summed E-state index contributed by atoms with van der Waals surface area (Å²) in [6, 6.07) is 8.28. The number of carbonyl (C=O) groups is 1. The van der Waals surface area contributed by atoms with Crippen molar-refractivity contribution in [2.24, 2.45) is 0 Å². The van der Waals surface area contributed by atoms with Gasteiger partial charge in [0.25, 0.3) is 0 Å². The number of benzene rings is 1. The number of likely N-dealkylation sites (tertiary alicyclic amines) is 1. The molecule has 2 saturated heterocycles. The Morgan fingerprint density at radius 3 is 2.62 bits per heavy atom. The van der Waals surface area contributed by atoms with Crippen LogP contribution in [-0.2, 0) is 16.0 Å². The van der Waals surface area contributed by atoms with Crippen molar-refractivity contribution in [2.45, 2.75) is 31.7 Å². The van der Waals surface area contributed by atoms with Crippen molar-refractivity contribution in [2.75, 3.05) is 46.5 Å². The summed E-state index contributed by atoms with van der Waals surface area (Å²) in [6.45, 7) is 4.78. The lowest BCUT2D eigenvalue weighted by molar-refractivity contribution is -0.142. The van der Waals surface area contributed by atoms with Crippen LogP contribution in [0.5, 0.6) is 5.75 Å². The van der Waals surface area contributed by atoms with Gasteiger partial charge in [0, 0.05) is 19.6 Å². The monoisotopic (exact) mass is 332 g/mol. The molecule has 5 nitrogen and oxygen atoms in total. The van der Waals surface area contributed by atoms with E-state index >= 15 is 0 Å². The number of nitrogens with zero attached hydrogens (tertiary/aromatic N) is 2. The molecule has 0 spiro atoms. The molecule has 0 bridgehead atoms. The standard InChI is InChI=1S/C19H28N2O3/c1-23-17-7-5-16(6-8-17)9-11-20-10-3-2-4-18(20)19(22)21-12-14-24-15-13-21/h5-8,18H,2-4,9-15H2,1H3. The summed E-state index contributed by atoms with van der Waals surface area (Å²) in [6.07, 6.45) is 4.30. The molecular formula is C19H28N2O3. The van der Waals surface area contributed by atoms with Gasteiger partial charge in [-0.3, -0.25) is 9.69 Å². The lowest BCUT2D eigenvalue weighted by Crippen LogP contribution is -2.53. The largest absolute Gasteiger partial charge is 0.497 e. The number of amides is 1. The fraction of sp³-hybridized carbons (Fsp3) is 0.632. The Bertz CT molecular complexity index is 526. The molecule has 1 aromatic rings. The van der Waals surface area contributed by atoms with Crippen LogP contribution in [0.25, 0.3) is 0 Å². The van der Waals surface area contributed by atoms with E-state index in [4.69, 9.17) is 9.47 Å². The SMILES string of the molecule is COc1ccc(CCN2CCCCC2C(=O)N2CCOCC2)cc1. The lowest BCUT2D eigenvalue weighted by Gasteiger charge is -2.38. The summed E-state index contributed by atoms with van der Waals surface area (Å²) in [5.41, 5.74) is 1.29. The number of hydrogen-bond acceptors (Lipinski definition) is 4. The van der Waals surface area contributed by atoms with Crippen LogP contribution >= 0.6 is 0 Å². The molecule has 0 aromatic heterocycles. The van der Waals surface area contributed by atoms with Crippen molar-refractivity contribution >= 4 is 5.91 Å². The highest BCUT2D eigenvalue weighted by atomic mass is 16.5. The molecule has 1 aromatic carbocycles. The first-order chi connectivity index (χ1) is 11.8. The van der Waals surface area contributed by atoms with Gasteiger partial charge in [0.15, 0.2) is 0 Å². The van der Waals surface area contributed by atoms with Gasteiger partial charge < -0.3 is 14.4 Å². The summed E-state index contributed by atoms with van der Waals surface area (Å²) >= 11 is 0. The fourth-order valence-electron chi connectivity index (χ4n) is 3.60. The van der Waals surface area contributed by atoms with E-state index in [0.717, 1.165) is 51.2 Å². The first kappa shape index (κ1) is 17.2. The molecule has 2 aliphatic rings. The van der Waals surface area contributed by atoms with Crippen LogP contribution in [0.15, 0.2) is 24.3 Å². The van der Waals surface area contributed by atoms with Crippen LogP contribution in [0.1, 0.15) is 24.8 Å². The number of carbonyl (C=O) groups excluding carboxylic acids is 1. The van der Waals surface area contributed by atoms with Crippen molar-refractivity contribution in [3.63, 3.8) is 0 Å². The van der Waals surface area contributed by atoms with E-state index in [0.29, 0.717) is 19.1 Å². The minimum Gasteiger partial charge on any atom is -0.497 e. The van der Waals surface area contributed by atoms with Gasteiger partial charge in [-0.25, -0.2) is 0 Å². The maximum Gasteiger partial charge on any atom is 0.240 e. The molecule has 2 aliphatic heterocycles. The zero-order valence-electron chi connectivity index (χ0n) is 14.6. The topological polar surface area (TPSA) is 42.0 Å². The van der Waals surface area contributed by atoms with Gasteiger partial charge in [-0.1, -0.05) is 18.6 Å². The van der Waals surface area contributed by atoms with Crippen LogP contribution in [0.4, 0.5) is 0 Å². The molecule has 132 valence electrons. The van der Waals surface area contributed by atoms with Gasteiger partial charge in [0.1, 0.15) is 5.75 Å². The molecule has 3 rings (SSSR count). The van der Waals surface area contributed by atoms with E-state index in [1.165, 1.54) is 12.0 Å². The van der Waals surface area contributed by atoms with Crippen molar-refractivity contribution in [1.29, 1.82) is 0 Å². The zero-order chi connectivity index (χ0) is 16.8. The minimum atomic E-state index is 0.0510. The van der Waals surface area contributed by atoms with E-state index in [2.05, 4.69) is 17.0 Å². The second-order valence-corrected chi connectivity index (χ2v) is 6.58. The number of ether oxygens (including phenoxy) is 2. The third-order valence-electron chi connectivity index (χ3n) is 5.07. The molecule has 0 saturated carbocycles. The van der Waals surface area contributed by atoms with E-state index in [-0.39, 0.29) is 6.04 Å². The maximum absolute atomic E-state index is 12.9. The van der Waals surface area contributed by atoms with Gasteiger partial charge in [-0.15, -0.1) is 0 Å². The summed E-state index contributed by atoms with van der Waals surface area (Å²) in [4.78, 5) is 17.2. The third-order valence-corrected chi connectivity index (χ3v) is 5.07. The van der Waals surface area contributed by atoms with Gasteiger partial charge in [-0.2, -0.15) is 0 Å². The Labute approximate surface area is 144 Å². The molecule has 1 amide bonds. The summed E-state index contributed by atoms with van der Waals surface area (Å²) in [5, 5.41) is 0. The molecular weight excluding hydrogens is 304 g/mol. The maximum atomic E-state index is 12.9. The zero-order valence-corrected chi connectivity index (χ0v) is 14.6. The van der Waals surface area contributed by atoms with Crippen LogP contribution in [0.2, 0.25) is 0 Å². The summed E-state index contributed by atoms with van der Waals surface area (Å²) in [5.74, 6) is 1.19. The molecule has 2 heterocycles. The first-order valence-corrected chi connectivity index (χ1v) is 9.01. The fourth-order valence-corrected chi connectivity index (χ4v) is 3.60. The molecule has 24 heavy (non-hydrogen) atoms. The Morgan fingerprint density at radius 2 is 1.92 bits per heavy atom. The number of hydrogen-bond donors (Lipinski definition) is 0. The van der Waals surface area contributed by atoms with Crippen molar-refractivity contribution in [3.8, 4) is 5.75 Å². The highest BCUT2D eigenvalue weighted by molar-refractivity contribution is 5.82. The highest BCUT2D eigenvalue weighted by Gasteiger charge is 2.32. The smallest absolute Gasteiger partial charge is 0.240 e. The molecule has 0 N–H and O–H groups in total. The first-order valence-electron chi connectivity index (χ1n) is 9.01. The van der Waals surface area contributed by atoms with Crippen molar-refractivity contribution in [1.82, 2.24) is 9.80 Å². The number of rotatable bonds is 5. The second kappa shape index (κ2) is 8.49. The van der Waals surface area contributed by atoms with Gasteiger partial charge >= 0.3 is 0 Å². The van der Waals surface area contributed by atoms with E-state index < -0.39 is 0 Å². The van der Waals surface area contributed by atoms with E-state index in [1.807, 2.05) is 17.0 Å². The van der Waals surface area contributed by atoms with Crippen LogP contribution in [0.3, 0.4) is 0 Å². The Kier molecular flexibility index (Phi) is 6.10. The predicted molar refractivity (Wildman–Crippen MR) is 93.3 cm³/mol.